The number of hydrogen-bond acceptors (Lipinski definition) is 6. The van der Waals surface area contributed by atoms with Crippen LogP contribution in [0.25, 0.3) is 11.6 Å². The number of amides is 1. The molecule has 7 nitrogen and oxygen atoms in total. The first-order valence-electron chi connectivity index (χ1n) is 9.67. The number of aromatic nitrogens is 3. The lowest BCUT2D eigenvalue weighted by atomic mass is 10.1. The molecule has 8 heteroatoms. The molecule has 1 amide bonds. The molecular weight excluding hydrogens is 412 g/mol. The van der Waals surface area contributed by atoms with E-state index >= 15 is 0 Å². The first kappa shape index (κ1) is 20.7. The Bertz CT molecular complexity index is 1170. The van der Waals surface area contributed by atoms with Gasteiger partial charge in [-0.1, -0.05) is 48.2 Å². The summed E-state index contributed by atoms with van der Waals surface area (Å²) in [5, 5.41) is 11.6. The van der Waals surface area contributed by atoms with Crippen LogP contribution in [-0.4, -0.2) is 27.8 Å². The highest BCUT2D eigenvalue weighted by atomic mass is 32.2. The minimum absolute atomic E-state index is 0.178. The second-order valence-electron chi connectivity index (χ2n) is 6.94. The minimum Gasteiger partial charge on any atom is -0.495 e. The van der Waals surface area contributed by atoms with E-state index in [1.54, 1.807) is 19.4 Å². The highest BCUT2D eigenvalue weighted by molar-refractivity contribution is 8.00. The van der Waals surface area contributed by atoms with Gasteiger partial charge in [0.05, 0.1) is 19.1 Å². The summed E-state index contributed by atoms with van der Waals surface area (Å²) >= 11 is 1.33. The molecule has 1 N–H and O–H groups in total. The van der Waals surface area contributed by atoms with Gasteiger partial charge in [0.2, 0.25) is 5.91 Å². The third-order valence-electron chi connectivity index (χ3n) is 4.75. The lowest BCUT2D eigenvalue weighted by Gasteiger charge is -2.18. The minimum atomic E-state index is -0.543. The first-order valence-corrected chi connectivity index (χ1v) is 10.5. The van der Waals surface area contributed by atoms with Crippen molar-refractivity contribution in [3.63, 3.8) is 0 Å². The molecule has 31 heavy (non-hydrogen) atoms. The van der Waals surface area contributed by atoms with Crippen LogP contribution in [0, 0.1) is 6.92 Å². The number of anilines is 1. The van der Waals surface area contributed by atoms with Crippen LogP contribution in [0.4, 0.5) is 5.69 Å². The number of methoxy groups -OCH3 is 1. The van der Waals surface area contributed by atoms with E-state index in [-0.39, 0.29) is 5.91 Å². The maximum absolute atomic E-state index is 13.4. The zero-order chi connectivity index (χ0) is 21.8. The average molecular weight is 435 g/mol. The van der Waals surface area contributed by atoms with Crippen LogP contribution in [0.1, 0.15) is 16.4 Å². The Morgan fingerprint density at radius 3 is 2.65 bits per heavy atom. The van der Waals surface area contributed by atoms with Crippen molar-refractivity contribution in [3.05, 3.63) is 78.1 Å². The van der Waals surface area contributed by atoms with Gasteiger partial charge in [0.15, 0.2) is 16.7 Å². The molecule has 1 atom stereocenters. The van der Waals surface area contributed by atoms with E-state index in [0.29, 0.717) is 28.2 Å². The van der Waals surface area contributed by atoms with E-state index in [0.717, 1.165) is 11.1 Å². The number of hydrogen-bond donors (Lipinski definition) is 1. The Morgan fingerprint density at radius 2 is 1.94 bits per heavy atom. The van der Waals surface area contributed by atoms with Crippen molar-refractivity contribution < 1.29 is 13.9 Å². The zero-order valence-corrected chi connectivity index (χ0v) is 18.2. The van der Waals surface area contributed by atoms with Crippen LogP contribution in [0.2, 0.25) is 0 Å². The fraction of sp³-hybridized carbons (Fsp3) is 0.174. The molecule has 0 aliphatic rings. The number of carbonyl (C=O) groups is 1. The number of ether oxygens (including phenoxy) is 1. The maximum atomic E-state index is 13.4. The van der Waals surface area contributed by atoms with Crippen LogP contribution in [0.3, 0.4) is 0 Å². The molecule has 0 bridgehead atoms. The highest BCUT2D eigenvalue weighted by Crippen LogP contribution is 2.37. The fourth-order valence-corrected chi connectivity index (χ4v) is 4.16. The molecule has 0 spiro atoms. The highest BCUT2D eigenvalue weighted by Gasteiger charge is 2.26. The van der Waals surface area contributed by atoms with Crippen LogP contribution in [0.5, 0.6) is 5.75 Å². The van der Waals surface area contributed by atoms with Gasteiger partial charge < -0.3 is 19.0 Å². The molecule has 0 radical (unpaired) electrons. The molecule has 2 aromatic heterocycles. The van der Waals surface area contributed by atoms with E-state index in [9.17, 15) is 4.79 Å². The molecule has 2 heterocycles. The van der Waals surface area contributed by atoms with Gasteiger partial charge in [0.1, 0.15) is 11.0 Å². The Balaban J connectivity index is 1.65. The van der Waals surface area contributed by atoms with Gasteiger partial charge in [-0.2, -0.15) is 0 Å². The number of rotatable bonds is 7. The third-order valence-corrected chi connectivity index (χ3v) is 6.04. The second-order valence-corrected chi connectivity index (χ2v) is 8.02. The Morgan fingerprint density at radius 1 is 1.13 bits per heavy atom. The smallest absolute Gasteiger partial charge is 0.242 e. The van der Waals surface area contributed by atoms with E-state index < -0.39 is 5.25 Å². The predicted molar refractivity (Wildman–Crippen MR) is 120 cm³/mol. The summed E-state index contributed by atoms with van der Waals surface area (Å²) in [5.41, 5.74) is 2.51. The topological polar surface area (TPSA) is 82.2 Å². The van der Waals surface area contributed by atoms with Crippen molar-refractivity contribution in [3.8, 4) is 17.3 Å². The van der Waals surface area contributed by atoms with E-state index in [1.807, 2.05) is 73.1 Å². The number of carbonyl (C=O) groups excluding carboxylic acids is 1. The molecule has 4 rings (SSSR count). The van der Waals surface area contributed by atoms with Gasteiger partial charge in [-0.25, -0.2) is 0 Å². The summed E-state index contributed by atoms with van der Waals surface area (Å²) in [5.74, 6) is 1.64. The van der Waals surface area contributed by atoms with E-state index in [2.05, 4.69) is 15.5 Å². The summed E-state index contributed by atoms with van der Waals surface area (Å²) in [6, 6.07) is 18.9. The van der Waals surface area contributed by atoms with Gasteiger partial charge in [0.25, 0.3) is 0 Å². The number of nitrogens with one attached hydrogen (secondary N) is 1. The fourth-order valence-electron chi connectivity index (χ4n) is 3.16. The summed E-state index contributed by atoms with van der Waals surface area (Å²) in [6.07, 6.45) is 1.59. The van der Waals surface area contributed by atoms with Gasteiger partial charge in [-0.05, 0) is 42.3 Å². The van der Waals surface area contributed by atoms with Gasteiger partial charge in [-0.3, -0.25) is 4.79 Å². The van der Waals surface area contributed by atoms with E-state index in [4.69, 9.17) is 9.15 Å². The zero-order valence-electron chi connectivity index (χ0n) is 17.4. The van der Waals surface area contributed by atoms with E-state index in [1.165, 1.54) is 11.8 Å². The van der Waals surface area contributed by atoms with Crippen LogP contribution >= 0.6 is 11.8 Å². The second kappa shape index (κ2) is 9.09. The molecule has 0 saturated carbocycles. The lowest BCUT2D eigenvalue weighted by Crippen LogP contribution is -2.20. The van der Waals surface area contributed by atoms with Gasteiger partial charge in [0, 0.05) is 7.05 Å². The summed E-state index contributed by atoms with van der Waals surface area (Å²) in [6.45, 7) is 1.97. The monoisotopic (exact) mass is 434 g/mol. The van der Waals surface area contributed by atoms with Crippen LogP contribution in [-0.2, 0) is 11.8 Å². The van der Waals surface area contributed by atoms with Gasteiger partial charge >= 0.3 is 0 Å². The average Bonchev–Trinajstić information content (AvgIpc) is 3.42. The van der Waals surface area contributed by atoms with Crippen molar-refractivity contribution in [2.75, 3.05) is 12.4 Å². The normalized spacial score (nSPS) is 11.8. The molecular formula is C23H22N4O3S. The number of thioether (sulfide) groups is 1. The predicted octanol–water partition coefficient (Wildman–Crippen LogP) is 4.86. The Labute approximate surface area is 184 Å². The molecule has 0 aliphatic carbocycles. The first-order chi connectivity index (χ1) is 15.1. The molecule has 4 aromatic rings. The standard InChI is InChI=1S/C23H22N4O3S/c1-15-11-12-18(29-3)17(14-15)24-22(28)20(16-8-5-4-6-9-16)31-23-26-25-21(27(23)2)19-10-7-13-30-19/h4-14,20H,1-3H3,(H,24,28)/t20-/m1/s1. The van der Waals surface area contributed by atoms with Crippen molar-refractivity contribution in [1.29, 1.82) is 0 Å². The largest absolute Gasteiger partial charge is 0.495 e. The summed E-state index contributed by atoms with van der Waals surface area (Å²) in [7, 11) is 3.43. The summed E-state index contributed by atoms with van der Waals surface area (Å²) in [4.78, 5) is 13.4. The molecule has 0 unspecified atom stereocenters. The molecule has 2 aromatic carbocycles. The van der Waals surface area contributed by atoms with Crippen LogP contribution in [0.15, 0.2) is 76.5 Å². The molecule has 0 aliphatic heterocycles. The number of furan rings is 1. The van der Waals surface area contributed by atoms with Gasteiger partial charge in [-0.15, -0.1) is 10.2 Å². The molecule has 0 saturated heterocycles. The quantitative estimate of drug-likeness (QED) is 0.418. The molecule has 0 fully saturated rings. The Hall–Kier alpha value is -3.52. The number of aryl methyl sites for hydroxylation is 1. The third kappa shape index (κ3) is 4.49. The maximum Gasteiger partial charge on any atom is 0.242 e. The summed E-state index contributed by atoms with van der Waals surface area (Å²) < 4.78 is 12.7. The van der Waals surface area contributed by atoms with Crippen molar-refractivity contribution in [2.24, 2.45) is 7.05 Å². The Kier molecular flexibility index (Phi) is 6.08. The van der Waals surface area contributed by atoms with Crippen LogP contribution < -0.4 is 10.1 Å². The number of nitrogens with zero attached hydrogens (tertiary/aromatic N) is 3. The molecule has 158 valence electrons. The number of benzene rings is 2. The SMILES string of the molecule is COc1ccc(C)cc1NC(=O)[C@H](Sc1nnc(-c2ccco2)n1C)c1ccccc1. The lowest BCUT2D eigenvalue weighted by molar-refractivity contribution is -0.115. The van der Waals surface area contributed by atoms with Crippen molar-refractivity contribution in [2.45, 2.75) is 17.3 Å². The van der Waals surface area contributed by atoms with Crippen molar-refractivity contribution >= 4 is 23.4 Å². The van der Waals surface area contributed by atoms with Crippen molar-refractivity contribution in [1.82, 2.24) is 14.8 Å².